The van der Waals surface area contributed by atoms with E-state index in [2.05, 4.69) is 22.9 Å². The van der Waals surface area contributed by atoms with Crippen LogP contribution in [-0.4, -0.2) is 53.0 Å². The molecule has 2 unspecified atom stereocenters. The molecular formula is C17H35N3O4. The summed E-state index contributed by atoms with van der Waals surface area (Å²) >= 11 is 0. The molecule has 0 aromatic carbocycles. The third-order valence-electron chi connectivity index (χ3n) is 4.14. The maximum absolute atomic E-state index is 11.9. The molecule has 1 aliphatic rings. The summed E-state index contributed by atoms with van der Waals surface area (Å²) in [7, 11) is 0. The highest BCUT2D eigenvalue weighted by Gasteiger charge is 2.39. The number of ether oxygens (including phenoxy) is 1. The van der Waals surface area contributed by atoms with E-state index in [-0.39, 0.29) is 24.8 Å². The standard InChI is InChI=1S/C17H35N3O4/c1-6-17(9-13-7-8-13,20-16(5,23)19-12-21)11-18-10-14(22)24-15(2,3)4/h13,18-21,23H,6-12H2,1-5H3. The van der Waals surface area contributed by atoms with Gasteiger partial charge in [0.1, 0.15) is 5.60 Å². The van der Waals surface area contributed by atoms with E-state index in [1.165, 1.54) is 12.8 Å². The molecule has 1 aliphatic carbocycles. The third-order valence-corrected chi connectivity index (χ3v) is 4.14. The van der Waals surface area contributed by atoms with Crippen molar-refractivity contribution in [3.63, 3.8) is 0 Å². The SMILES string of the molecule is CCC(CNCC(=O)OC(C)(C)C)(CC1CC1)NC(C)(O)NCO. The molecule has 24 heavy (non-hydrogen) atoms. The maximum atomic E-state index is 11.9. The number of esters is 1. The van der Waals surface area contributed by atoms with Crippen LogP contribution in [0, 0.1) is 5.92 Å². The predicted octanol–water partition coefficient (Wildman–Crippen LogP) is 0.662. The average molecular weight is 345 g/mol. The van der Waals surface area contributed by atoms with E-state index in [9.17, 15) is 9.90 Å². The zero-order chi connectivity index (χ0) is 18.4. The van der Waals surface area contributed by atoms with Crippen LogP contribution in [0.3, 0.4) is 0 Å². The molecule has 7 nitrogen and oxygen atoms in total. The number of hydrogen-bond acceptors (Lipinski definition) is 7. The van der Waals surface area contributed by atoms with E-state index in [1.54, 1.807) is 6.92 Å². The minimum Gasteiger partial charge on any atom is -0.459 e. The number of carbonyl (C=O) groups excluding carboxylic acids is 1. The molecule has 0 aliphatic heterocycles. The van der Waals surface area contributed by atoms with Gasteiger partial charge in [-0.25, -0.2) is 0 Å². The largest absolute Gasteiger partial charge is 0.459 e. The molecule has 1 rings (SSSR count). The Morgan fingerprint density at radius 1 is 1.25 bits per heavy atom. The van der Waals surface area contributed by atoms with Crippen molar-refractivity contribution >= 4 is 5.97 Å². The van der Waals surface area contributed by atoms with E-state index >= 15 is 0 Å². The van der Waals surface area contributed by atoms with Gasteiger partial charge in [-0.2, -0.15) is 0 Å². The van der Waals surface area contributed by atoms with Gasteiger partial charge in [0.15, 0.2) is 5.85 Å². The third kappa shape index (κ3) is 8.39. The summed E-state index contributed by atoms with van der Waals surface area (Å²) in [4.78, 5) is 11.9. The molecule has 7 heteroatoms. The number of aliphatic hydroxyl groups is 2. The van der Waals surface area contributed by atoms with Gasteiger partial charge in [-0.1, -0.05) is 19.8 Å². The van der Waals surface area contributed by atoms with Crippen molar-refractivity contribution < 1.29 is 19.7 Å². The summed E-state index contributed by atoms with van der Waals surface area (Å²) in [6, 6.07) is 0. The molecule has 0 heterocycles. The van der Waals surface area contributed by atoms with Crippen molar-refractivity contribution in [1.29, 1.82) is 0 Å². The van der Waals surface area contributed by atoms with Crippen LogP contribution >= 0.6 is 0 Å². The first-order chi connectivity index (χ1) is 11.0. The molecular weight excluding hydrogens is 310 g/mol. The molecule has 5 N–H and O–H groups in total. The smallest absolute Gasteiger partial charge is 0.320 e. The lowest BCUT2D eigenvalue weighted by Crippen LogP contribution is -2.66. The summed E-state index contributed by atoms with van der Waals surface area (Å²) in [5.74, 6) is -1.03. The maximum Gasteiger partial charge on any atom is 0.320 e. The summed E-state index contributed by atoms with van der Waals surface area (Å²) in [5, 5.41) is 28.4. The van der Waals surface area contributed by atoms with Crippen LogP contribution in [0.5, 0.6) is 0 Å². The first-order valence-corrected chi connectivity index (χ1v) is 8.81. The fourth-order valence-corrected chi connectivity index (χ4v) is 2.90. The highest BCUT2D eigenvalue weighted by Crippen LogP contribution is 2.38. The summed E-state index contributed by atoms with van der Waals surface area (Å²) in [6.45, 7) is 9.49. The van der Waals surface area contributed by atoms with Crippen LogP contribution < -0.4 is 16.0 Å². The normalized spacial score (nSPS) is 20.3. The van der Waals surface area contributed by atoms with Gasteiger partial charge < -0.3 is 20.3 Å². The van der Waals surface area contributed by atoms with Gasteiger partial charge in [0.2, 0.25) is 0 Å². The Kier molecular flexibility index (Phi) is 7.62. The lowest BCUT2D eigenvalue weighted by Gasteiger charge is -2.41. The Labute approximate surface area is 145 Å². The average Bonchev–Trinajstić information content (AvgIpc) is 3.19. The van der Waals surface area contributed by atoms with Gasteiger partial charge in [0.25, 0.3) is 0 Å². The second-order valence-electron chi connectivity index (χ2n) is 8.00. The van der Waals surface area contributed by atoms with Crippen LogP contribution in [-0.2, 0) is 9.53 Å². The van der Waals surface area contributed by atoms with Crippen LogP contribution in [0.25, 0.3) is 0 Å². The summed E-state index contributed by atoms with van der Waals surface area (Å²) in [6.07, 6.45) is 4.10. The molecule has 142 valence electrons. The van der Waals surface area contributed by atoms with Gasteiger partial charge in [-0.05, 0) is 46.5 Å². The van der Waals surface area contributed by atoms with Crippen molar-refractivity contribution in [2.45, 2.75) is 77.3 Å². The fraction of sp³-hybridized carbons (Fsp3) is 0.941. The van der Waals surface area contributed by atoms with Gasteiger partial charge in [0.05, 0.1) is 13.3 Å². The van der Waals surface area contributed by atoms with E-state index in [0.29, 0.717) is 12.5 Å². The highest BCUT2D eigenvalue weighted by molar-refractivity contribution is 5.72. The Morgan fingerprint density at radius 2 is 1.88 bits per heavy atom. The Balaban J connectivity index is 2.62. The summed E-state index contributed by atoms with van der Waals surface area (Å²) < 4.78 is 5.30. The van der Waals surface area contributed by atoms with Crippen LogP contribution in [0.4, 0.5) is 0 Å². The zero-order valence-corrected chi connectivity index (χ0v) is 15.7. The molecule has 0 radical (unpaired) electrons. The van der Waals surface area contributed by atoms with Gasteiger partial charge >= 0.3 is 5.97 Å². The van der Waals surface area contributed by atoms with E-state index < -0.39 is 11.4 Å². The van der Waals surface area contributed by atoms with Gasteiger partial charge in [-0.15, -0.1) is 0 Å². The van der Waals surface area contributed by atoms with Crippen LogP contribution in [0.15, 0.2) is 0 Å². The Morgan fingerprint density at radius 3 is 2.33 bits per heavy atom. The number of rotatable bonds is 11. The minimum atomic E-state index is -1.38. The lowest BCUT2D eigenvalue weighted by atomic mass is 9.88. The van der Waals surface area contributed by atoms with Crippen LogP contribution in [0.1, 0.15) is 60.3 Å². The van der Waals surface area contributed by atoms with E-state index in [4.69, 9.17) is 9.84 Å². The molecule has 2 atom stereocenters. The second kappa shape index (κ2) is 8.58. The lowest BCUT2D eigenvalue weighted by molar-refractivity contribution is -0.153. The zero-order valence-electron chi connectivity index (χ0n) is 15.7. The molecule has 0 aromatic heterocycles. The summed E-state index contributed by atoms with van der Waals surface area (Å²) in [5.41, 5.74) is -0.865. The molecule has 0 bridgehead atoms. The van der Waals surface area contributed by atoms with Crippen molar-refractivity contribution in [1.82, 2.24) is 16.0 Å². The van der Waals surface area contributed by atoms with Gasteiger partial charge in [0, 0.05) is 12.1 Å². The monoisotopic (exact) mass is 345 g/mol. The fourth-order valence-electron chi connectivity index (χ4n) is 2.90. The molecule has 0 amide bonds. The Bertz CT molecular complexity index is 405. The molecule has 0 aromatic rings. The number of aliphatic hydroxyl groups excluding tert-OH is 1. The van der Waals surface area contributed by atoms with Gasteiger partial charge in [-0.3, -0.25) is 15.4 Å². The van der Waals surface area contributed by atoms with E-state index in [1.807, 2.05) is 20.8 Å². The van der Waals surface area contributed by atoms with Crippen molar-refractivity contribution in [2.75, 3.05) is 19.8 Å². The van der Waals surface area contributed by atoms with E-state index in [0.717, 1.165) is 12.8 Å². The highest BCUT2D eigenvalue weighted by atomic mass is 16.6. The Hall–Kier alpha value is -0.730. The first kappa shape index (κ1) is 21.3. The number of nitrogens with one attached hydrogen (secondary N) is 3. The van der Waals surface area contributed by atoms with Crippen molar-refractivity contribution in [2.24, 2.45) is 5.92 Å². The molecule has 1 fully saturated rings. The molecule has 0 saturated heterocycles. The molecule has 0 spiro atoms. The quantitative estimate of drug-likeness (QED) is 0.277. The first-order valence-electron chi connectivity index (χ1n) is 8.81. The predicted molar refractivity (Wildman–Crippen MR) is 93.1 cm³/mol. The van der Waals surface area contributed by atoms with Crippen molar-refractivity contribution in [3.05, 3.63) is 0 Å². The molecule has 1 saturated carbocycles. The topological polar surface area (TPSA) is 103 Å². The second-order valence-corrected chi connectivity index (χ2v) is 8.00. The van der Waals surface area contributed by atoms with Crippen molar-refractivity contribution in [3.8, 4) is 0 Å². The van der Waals surface area contributed by atoms with Crippen LogP contribution in [0.2, 0.25) is 0 Å². The number of carbonyl (C=O) groups is 1. The number of hydrogen-bond donors (Lipinski definition) is 5. The minimum absolute atomic E-state index is 0.126.